The van der Waals surface area contributed by atoms with E-state index in [1.807, 2.05) is 44.2 Å². The van der Waals surface area contributed by atoms with Crippen LogP contribution < -0.4 is 0 Å². The molecule has 0 aliphatic heterocycles. The van der Waals surface area contributed by atoms with Crippen molar-refractivity contribution in [2.24, 2.45) is 0 Å². The highest BCUT2D eigenvalue weighted by atomic mass is 32.2. The monoisotopic (exact) mass is 388 g/mol. The van der Waals surface area contributed by atoms with Crippen LogP contribution in [0.5, 0.6) is 0 Å². The Balaban J connectivity index is 1.82. The Hall–Kier alpha value is -2.25. The number of thiazole rings is 1. The van der Waals surface area contributed by atoms with Gasteiger partial charge in [-0.2, -0.15) is 0 Å². The van der Waals surface area contributed by atoms with E-state index in [0.717, 1.165) is 15.3 Å². The first-order valence-corrected chi connectivity index (χ1v) is 10.5. The Labute approximate surface area is 159 Å². The van der Waals surface area contributed by atoms with Crippen molar-refractivity contribution >= 4 is 28.0 Å². The molecule has 0 saturated heterocycles. The quantitative estimate of drug-likeness (QED) is 0.654. The SMILES string of the molecule is Cc1sc(-c2ccco2)nc1C(=O)N(C)C(C)c1ccc(S(C)=O)cc1. The van der Waals surface area contributed by atoms with E-state index in [1.165, 1.54) is 11.3 Å². The topological polar surface area (TPSA) is 63.4 Å². The highest BCUT2D eigenvalue weighted by Crippen LogP contribution is 2.30. The molecule has 0 bridgehead atoms. The second-order valence-corrected chi connectivity index (χ2v) is 8.60. The molecule has 0 aliphatic rings. The smallest absolute Gasteiger partial charge is 0.273 e. The zero-order chi connectivity index (χ0) is 18.8. The molecule has 0 spiro atoms. The lowest BCUT2D eigenvalue weighted by Crippen LogP contribution is -2.30. The second-order valence-electron chi connectivity index (χ2n) is 6.02. The zero-order valence-corrected chi connectivity index (χ0v) is 16.7. The molecule has 7 heteroatoms. The average molecular weight is 389 g/mol. The lowest BCUT2D eigenvalue weighted by atomic mass is 10.1. The first kappa shape index (κ1) is 18.5. The van der Waals surface area contributed by atoms with E-state index in [9.17, 15) is 9.00 Å². The van der Waals surface area contributed by atoms with Crippen molar-refractivity contribution in [2.45, 2.75) is 24.8 Å². The number of aromatic nitrogens is 1. The van der Waals surface area contributed by atoms with Crippen LogP contribution in [0, 0.1) is 6.92 Å². The van der Waals surface area contributed by atoms with Gasteiger partial charge < -0.3 is 9.32 Å². The Morgan fingerprint density at radius 3 is 2.54 bits per heavy atom. The van der Waals surface area contributed by atoms with Crippen LogP contribution in [-0.4, -0.2) is 33.3 Å². The Morgan fingerprint density at radius 2 is 1.96 bits per heavy atom. The van der Waals surface area contributed by atoms with Crippen molar-refractivity contribution in [2.75, 3.05) is 13.3 Å². The predicted molar refractivity (Wildman–Crippen MR) is 104 cm³/mol. The van der Waals surface area contributed by atoms with Crippen molar-refractivity contribution in [1.29, 1.82) is 0 Å². The maximum atomic E-state index is 12.9. The highest BCUT2D eigenvalue weighted by Gasteiger charge is 2.24. The fourth-order valence-corrected chi connectivity index (χ4v) is 4.00. The summed E-state index contributed by atoms with van der Waals surface area (Å²) >= 11 is 1.44. The van der Waals surface area contributed by atoms with E-state index in [4.69, 9.17) is 4.42 Å². The summed E-state index contributed by atoms with van der Waals surface area (Å²) < 4.78 is 16.9. The van der Waals surface area contributed by atoms with Crippen molar-refractivity contribution in [1.82, 2.24) is 9.88 Å². The van der Waals surface area contributed by atoms with Gasteiger partial charge in [0.25, 0.3) is 5.91 Å². The fraction of sp³-hybridized carbons (Fsp3) is 0.263. The Kier molecular flexibility index (Phi) is 5.38. The predicted octanol–water partition coefficient (Wildman–Crippen LogP) is 4.28. The van der Waals surface area contributed by atoms with Gasteiger partial charge in [-0.3, -0.25) is 9.00 Å². The van der Waals surface area contributed by atoms with Crippen LogP contribution in [0.1, 0.15) is 33.9 Å². The molecule has 0 N–H and O–H groups in total. The van der Waals surface area contributed by atoms with Crippen molar-refractivity contribution < 1.29 is 13.4 Å². The van der Waals surface area contributed by atoms with Crippen molar-refractivity contribution in [3.8, 4) is 10.8 Å². The molecule has 0 fully saturated rings. The molecule has 1 aromatic carbocycles. The van der Waals surface area contributed by atoms with Gasteiger partial charge in [0, 0.05) is 33.9 Å². The van der Waals surface area contributed by atoms with Gasteiger partial charge in [0.2, 0.25) is 0 Å². The molecule has 136 valence electrons. The second kappa shape index (κ2) is 7.55. The third kappa shape index (κ3) is 3.64. The molecule has 2 unspecified atom stereocenters. The molecule has 2 heterocycles. The summed E-state index contributed by atoms with van der Waals surface area (Å²) in [7, 11) is 0.755. The van der Waals surface area contributed by atoms with Gasteiger partial charge in [-0.25, -0.2) is 4.98 Å². The highest BCUT2D eigenvalue weighted by molar-refractivity contribution is 7.84. The van der Waals surface area contributed by atoms with Crippen LogP contribution >= 0.6 is 11.3 Å². The molecular formula is C19H20N2O3S2. The number of amides is 1. The van der Waals surface area contributed by atoms with Gasteiger partial charge in [0.1, 0.15) is 5.69 Å². The van der Waals surface area contributed by atoms with E-state index in [2.05, 4.69) is 4.98 Å². The van der Waals surface area contributed by atoms with E-state index in [-0.39, 0.29) is 11.9 Å². The molecule has 3 rings (SSSR count). The van der Waals surface area contributed by atoms with Gasteiger partial charge in [-0.15, -0.1) is 11.3 Å². The third-order valence-electron chi connectivity index (χ3n) is 4.33. The Bertz CT molecular complexity index is 930. The van der Waals surface area contributed by atoms with E-state index in [0.29, 0.717) is 16.5 Å². The van der Waals surface area contributed by atoms with Crippen LogP contribution in [0.3, 0.4) is 0 Å². The zero-order valence-electron chi connectivity index (χ0n) is 15.1. The van der Waals surface area contributed by atoms with Crippen LogP contribution in [0.2, 0.25) is 0 Å². The number of furan rings is 1. The lowest BCUT2D eigenvalue weighted by molar-refractivity contribution is 0.0737. The standard InChI is InChI=1S/C19H20N2O3S2/c1-12(14-7-9-15(10-8-14)26(4)23)21(3)19(22)17-13(2)25-18(20-17)16-6-5-11-24-16/h5-12H,1-4H3. The number of aryl methyl sites for hydroxylation is 1. The average Bonchev–Trinajstić information content (AvgIpc) is 3.29. The molecule has 0 saturated carbocycles. The van der Waals surface area contributed by atoms with Gasteiger partial charge in [0.05, 0.1) is 12.3 Å². The number of hydrogen-bond donors (Lipinski definition) is 0. The van der Waals surface area contributed by atoms with Crippen molar-refractivity contribution in [3.05, 3.63) is 58.8 Å². The third-order valence-corrected chi connectivity index (χ3v) is 6.25. The first-order chi connectivity index (χ1) is 12.4. The van der Waals surface area contributed by atoms with Gasteiger partial charge in [-0.1, -0.05) is 12.1 Å². The maximum Gasteiger partial charge on any atom is 0.273 e. The molecule has 2 aromatic heterocycles. The summed E-state index contributed by atoms with van der Waals surface area (Å²) in [5.41, 5.74) is 1.43. The number of nitrogens with zero attached hydrogens (tertiary/aromatic N) is 2. The fourth-order valence-electron chi connectivity index (χ4n) is 2.61. The summed E-state index contributed by atoms with van der Waals surface area (Å²) in [6.45, 7) is 3.85. The van der Waals surface area contributed by atoms with Crippen LogP contribution in [0.25, 0.3) is 10.8 Å². The molecule has 0 radical (unpaired) electrons. The summed E-state index contributed by atoms with van der Waals surface area (Å²) in [5, 5.41) is 0.701. The van der Waals surface area contributed by atoms with Crippen LogP contribution in [0.4, 0.5) is 0 Å². The molecule has 26 heavy (non-hydrogen) atoms. The number of hydrogen-bond acceptors (Lipinski definition) is 5. The van der Waals surface area contributed by atoms with Gasteiger partial charge in [0.15, 0.2) is 10.8 Å². The maximum absolute atomic E-state index is 12.9. The number of carbonyl (C=O) groups excluding carboxylic acids is 1. The Morgan fingerprint density at radius 1 is 1.27 bits per heavy atom. The molecule has 3 aromatic rings. The summed E-state index contributed by atoms with van der Waals surface area (Å²) in [6.07, 6.45) is 3.24. The summed E-state index contributed by atoms with van der Waals surface area (Å²) in [4.78, 5) is 20.7. The summed E-state index contributed by atoms with van der Waals surface area (Å²) in [6, 6.07) is 11.0. The molecular weight excluding hydrogens is 368 g/mol. The minimum atomic E-state index is -1.01. The van der Waals surface area contributed by atoms with Gasteiger partial charge >= 0.3 is 0 Å². The molecule has 5 nitrogen and oxygen atoms in total. The molecule has 0 aliphatic carbocycles. The van der Waals surface area contributed by atoms with E-state index >= 15 is 0 Å². The number of carbonyl (C=O) groups is 1. The number of benzene rings is 1. The van der Waals surface area contributed by atoms with E-state index in [1.54, 1.807) is 30.5 Å². The molecule has 1 amide bonds. The summed E-state index contributed by atoms with van der Waals surface area (Å²) in [5.74, 6) is 0.531. The minimum absolute atomic E-state index is 0.130. The normalized spacial score (nSPS) is 13.4. The number of rotatable bonds is 5. The minimum Gasteiger partial charge on any atom is -0.462 e. The lowest BCUT2D eigenvalue weighted by Gasteiger charge is -2.25. The largest absolute Gasteiger partial charge is 0.462 e. The van der Waals surface area contributed by atoms with Gasteiger partial charge in [-0.05, 0) is 43.7 Å². The van der Waals surface area contributed by atoms with E-state index < -0.39 is 10.8 Å². The van der Waals surface area contributed by atoms with Crippen LogP contribution in [0.15, 0.2) is 52.0 Å². The first-order valence-electron chi connectivity index (χ1n) is 8.10. The van der Waals surface area contributed by atoms with Crippen molar-refractivity contribution in [3.63, 3.8) is 0 Å². The van der Waals surface area contributed by atoms with Crippen LogP contribution in [-0.2, 0) is 10.8 Å². The molecule has 2 atom stereocenters.